The fourth-order valence-corrected chi connectivity index (χ4v) is 3.05. The first-order valence-electron chi connectivity index (χ1n) is 7.83. The van der Waals surface area contributed by atoms with E-state index in [4.69, 9.17) is 4.74 Å². The van der Waals surface area contributed by atoms with Crippen molar-refractivity contribution in [2.45, 2.75) is 12.8 Å². The first kappa shape index (κ1) is 15.8. The Morgan fingerprint density at radius 2 is 1.91 bits per heavy atom. The van der Waals surface area contributed by atoms with Crippen LogP contribution in [-0.4, -0.2) is 42.5 Å². The van der Waals surface area contributed by atoms with E-state index in [1.165, 1.54) is 6.07 Å². The van der Waals surface area contributed by atoms with Crippen LogP contribution >= 0.6 is 0 Å². The average molecular weight is 315 g/mol. The summed E-state index contributed by atoms with van der Waals surface area (Å²) < 4.78 is 5.33. The zero-order chi connectivity index (χ0) is 16.3. The molecular weight excluding hydrogens is 294 g/mol. The lowest BCUT2D eigenvalue weighted by atomic mass is 9.81. The molecule has 122 valence electrons. The Kier molecular flexibility index (Phi) is 4.50. The number of hydrogen-bond donors (Lipinski definition) is 3. The van der Waals surface area contributed by atoms with E-state index in [2.05, 4.69) is 5.32 Å². The van der Waals surface area contributed by atoms with E-state index in [1.54, 1.807) is 6.07 Å². The number of aromatic hydroxyl groups is 1. The van der Waals surface area contributed by atoms with Gasteiger partial charge in [0.05, 0.1) is 12.2 Å². The SMILES string of the molecule is O=C(NCC1(CO)CCOCC1)c1c(O)ccc2ccccc12. The molecule has 3 rings (SSSR count). The Balaban J connectivity index is 1.82. The van der Waals surface area contributed by atoms with Gasteiger partial charge in [0.1, 0.15) is 5.75 Å². The maximum atomic E-state index is 12.6. The van der Waals surface area contributed by atoms with E-state index in [1.807, 2.05) is 24.3 Å². The molecule has 0 unspecified atom stereocenters. The lowest BCUT2D eigenvalue weighted by Gasteiger charge is -2.35. The zero-order valence-electron chi connectivity index (χ0n) is 12.9. The van der Waals surface area contributed by atoms with Gasteiger partial charge in [-0.2, -0.15) is 0 Å². The summed E-state index contributed by atoms with van der Waals surface area (Å²) in [4.78, 5) is 12.6. The number of phenolic OH excluding ortho intramolecular Hbond substituents is 1. The second-order valence-electron chi connectivity index (χ2n) is 6.13. The molecule has 1 heterocycles. The Morgan fingerprint density at radius 1 is 1.17 bits per heavy atom. The van der Waals surface area contributed by atoms with Crippen LogP contribution in [0.4, 0.5) is 0 Å². The number of aliphatic hydroxyl groups excluding tert-OH is 1. The molecule has 0 saturated carbocycles. The fourth-order valence-electron chi connectivity index (χ4n) is 3.05. The molecule has 0 atom stereocenters. The molecule has 0 aliphatic carbocycles. The van der Waals surface area contributed by atoms with E-state index in [0.717, 1.165) is 10.8 Å². The number of benzene rings is 2. The van der Waals surface area contributed by atoms with Gasteiger partial charge in [-0.3, -0.25) is 4.79 Å². The quantitative estimate of drug-likeness (QED) is 0.807. The molecule has 1 fully saturated rings. The molecule has 23 heavy (non-hydrogen) atoms. The van der Waals surface area contributed by atoms with E-state index < -0.39 is 0 Å². The van der Waals surface area contributed by atoms with Crippen molar-refractivity contribution in [2.24, 2.45) is 5.41 Å². The van der Waals surface area contributed by atoms with Crippen LogP contribution in [0.5, 0.6) is 5.75 Å². The summed E-state index contributed by atoms with van der Waals surface area (Å²) in [5.74, 6) is -0.357. The molecule has 0 bridgehead atoms. The van der Waals surface area contributed by atoms with Crippen LogP contribution in [0.1, 0.15) is 23.2 Å². The van der Waals surface area contributed by atoms with Crippen LogP contribution < -0.4 is 5.32 Å². The molecule has 1 aliphatic rings. The van der Waals surface area contributed by atoms with Gasteiger partial charge in [-0.05, 0) is 29.7 Å². The highest BCUT2D eigenvalue weighted by Crippen LogP contribution is 2.30. The van der Waals surface area contributed by atoms with Crippen molar-refractivity contribution in [1.82, 2.24) is 5.32 Å². The number of fused-ring (bicyclic) bond motifs is 1. The van der Waals surface area contributed by atoms with Crippen molar-refractivity contribution in [3.05, 3.63) is 42.0 Å². The third kappa shape index (κ3) is 3.16. The molecule has 0 spiro atoms. The highest BCUT2D eigenvalue weighted by atomic mass is 16.5. The van der Waals surface area contributed by atoms with Crippen LogP contribution in [0.2, 0.25) is 0 Å². The molecule has 3 N–H and O–H groups in total. The minimum Gasteiger partial charge on any atom is -0.507 e. The molecule has 2 aromatic carbocycles. The van der Waals surface area contributed by atoms with Gasteiger partial charge in [-0.1, -0.05) is 30.3 Å². The number of carbonyl (C=O) groups excluding carboxylic acids is 1. The zero-order valence-corrected chi connectivity index (χ0v) is 12.9. The predicted octanol–water partition coefficient (Wildman–Crippen LogP) is 2.06. The van der Waals surface area contributed by atoms with Crippen LogP contribution in [-0.2, 0) is 4.74 Å². The Morgan fingerprint density at radius 3 is 2.65 bits per heavy atom. The largest absolute Gasteiger partial charge is 0.507 e. The molecule has 1 amide bonds. The maximum Gasteiger partial charge on any atom is 0.255 e. The number of rotatable bonds is 4. The molecular formula is C18H21NO4. The maximum absolute atomic E-state index is 12.6. The monoisotopic (exact) mass is 315 g/mol. The molecule has 0 aromatic heterocycles. The Labute approximate surface area is 134 Å². The van der Waals surface area contributed by atoms with Crippen molar-refractivity contribution in [2.75, 3.05) is 26.4 Å². The second-order valence-corrected chi connectivity index (χ2v) is 6.13. The van der Waals surface area contributed by atoms with Crippen molar-refractivity contribution in [3.8, 4) is 5.75 Å². The van der Waals surface area contributed by atoms with Gasteiger partial charge in [-0.15, -0.1) is 0 Å². The van der Waals surface area contributed by atoms with Gasteiger partial charge < -0.3 is 20.3 Å². The average Bonchev–Trinajstić information content (AvgIpc) is 2.60. The number of aliphatic hydroxyl groups is 1. The molecule has 1 aliphatic heterocycles. The third-order valence-electron chi connectivity index (χ3n) is 4.65. The highest BCUT2D eigenvalue weighted by Gasteiger charge is 2.32. The number of amides is 1. The number of phenols is 1. The first-order valence-corrected chi connectivity index (χ1v) is 7.83. The third-order valence-corrected chi connectivity index (χ3v) is 4.65. The molecule has 5 heteroatoms. The highest BCUT2D eigenvalue weighted by molar-refractivity contribution is 6.09. The standard InChI is InChI=1S/C18H21NO4/c20-12-18(7-9-23-10-8-18)11-19-17(22)16-14-4-2-1-3-13(14)5-6-15(16)21/h1-6,20-21H,7-12H2,(H,19,22). The normalized spacial score (nSPS) is 17.1. The first-order chi connectivity index (χ1) is 11.2. The van der Waals surface area contributed by atoms with E-state index in [9.17, 15) is 15.0 Å². The van der Waals surface area contributed by atoms with Gasteiger partial charge in [0.2, 0.25) is 0 Å². The number of hydrogen-bond acceptors (Lipinski definition) is 4. The van der Waals surface area contributed by atoms with Crippen LogP contribution in [0.15, 0.2) is 36.4 Å². The summed E-state index contributed by atoms with van der Waals surface area (Å²) in [6.07, 6.45) is 1.43. The Bertz CT molecular complexity index is 707. The summed E-state index contributed by atoms with van der Waals surface area (Å²) in [7, 11) is 0. The van der Waals surface area contributed by atoms with Crippen LogP contribution in [0.25, 0.3) is 10.8 Å². The summed E-state index contributed by atoms with van der Waals surface area (Å²) in [5.41, 5.74) is -0.0584. The summed E-state index contributed by atoms with van der Waals surface area (Å²) >= 11 is 0. The number of ether oxygens (including phenoxy) is 1. The smallest absolute Gasteiger partial charge is 0.255 e. The fraction of sp³-hybridized carbons (Fsp3) is 0.389. The van der Waals surface area contributed by atoms with Gasteiger partial charge in [0.25, 0.3) is 5.91 Å². The molecule has 5 nitrogen and oxygen atoms in total. The van der Waals surface area contributed by atoms with Gasteiger partial charge in [-0.25, -0.2) is 0 Å². The van der Waals surface area contributed by atoms with E-state index >= 15 is 0 Å². The summed E-state index contributed by atoms with van der Waals surface area (Å²) in [6.45, 7) is 1.57. The van der Waals surface area contributed by atoms with Crippen LogP contribution in [0.3, 0.4) is 0 Å². The minimum absolute atomic E-state index is 0.0121. The number of nitrogens with one attached hydrogen (secondary N) is 1. The second kappa shape index (κ2) is 6.56. The summed E-state index contributed by atoms with van der Waals surface area (Å²) in [6, 6.07) is 10.8. The topological polar surface area (TPSA) is 78.8 Å². The van der Waals surface area contributed by atoms with E-state index in [-0.39, 0.29) is 29.2 Å². The van der Waals surface area contributed by atoms with E-state index in [0.29, 0.717) is 32.6 Å². The lowest BCUT2D eigenvalue weighted by Crippen LogP contribution is -2.43. The summed E-state index contributed by atoms with van der Waals surface area (Å²) in [5, 5.41) is 24.3. The van der Waals surface area contributed by atoms with Crippen molar-refractivity contribution >= 4 is 16.7 Å². The molecule has 1 saturated heterocycles. The molecule has 0 radical (unpaired) electrons. The minimum atomic E-state index is -0.339. The predicted molar refractivity (Wildman–Crippen MR) is 87.5 cm³/mol. The number of carbonyl (C=O) groups is 1. The molecule has 2 aromatic rings. The van der Waals surface area contributed by atoms with Crippen LogP contribution in [0, 0.1) is 5.41 Å². The van der Waals surface area contributed by atoms with Gasteiger partial charge in [0, 0.05) is 25.2 Å². The van der Waals surface area contributed by atoms with Crippen molar-refractivity contribution < 1.29 is 19.7 Å². The Hall–Kier alpha value is -2.11. The van der Waals surface area contributed by atoms with Gasteiger partial charge >= 0.3 is 0 Å². The lowest BCUT2D eigenvalue weighted by molar-refractivity contribution is -0.0146. The van der Waals surface area contributed by atoms with Crippen molar-refractivity contribution in [1.29, 1.82) is 0 Å². The van der Waals surface area contributed by atoms with Crippen molar-refractivity contribution in [3.63, 3.8) is 0 Å². The van der Waals surface area contributed by atoms with Gasteiger partial charge in [0.15, 0.2) is 0 Å².